The van der Waals surface area contributed by atoms with Crippen molar-refractivity contribution in [1.29, 1.82) is 0 Å². The van der Waals surface area contributed by atoms with Gasteiger partial charge in [0.1, 0.15) is 17.3 Å². The van der Waals surface area contributed by atoms with Crippen LogP contribution in [0.5, 0.6) is 0 Å². The van der Waals surface area contributed by atoms with Crippen molar-refractivity contribution in [1.82, 2.24) is 14.7 Å². The first-order chi connectivity index (χ1) is 13.2. The van der Waals surface area contributed by atoms with E-state index in [1.807, 2.05) is 0 Å². The smallest absolute Gasteiger partial charge is 0.407 e. The van der Waals surface area contributed by atoms with Crippen LogP contribution in [0.4, 0.5) is 13.6 Å². The van der Waals surface area contributed by atoms with Crippen LogP contribution in [-0.4, -0.2) is 41.3 Å². The van der Waals surface area contributed by atoms with Gasteiger partial charge in [-0.25, -0.2) is 26.7 Å². The predicted molar refractivity (Wildman–Crippen MR) is 94.9 cm³/mol. The summed E-state index contributed by atoms with van der Waals surface area (Å²) in [4.78, 5) is 11.9. The second kappa shape index (κ2) is 7.39. The lowest BCUT2D eigenvalue weighted by Crippen LogP contribution is -2.24. The number of rotatable bonds is 5. The molecule has 146 valence electrons. The standard InChI is InChI=1S/C18H15F2N3O4S/c1-22(18(24)25)11-13-10-17(28(26,27)14-5-3-2-4-6-14)23(21-13)16-9-12(19)7-8-15(16)20/h2-10H,11H2,1H3,(H,24,25). The Balaban J connectivity index is 2.21. The number of hydrogen-bond donors (Lipinski definition) is 1. The molecular weight excluding hydrogens is 392 g/mol. The Morgan fingerprint density at radius 3 is 2.46 bits per heavy atom. The largest absolute Gasteiger partial charge is 0.465 e. The fraction of sp³-hybridized carbons (Fsp3) is 0.111. The molecule has 0 aliphatic rings. The van der Waals surface area contributed by atoms with E-state index in [0.29, 0.717) is 0 Å². The van der Waals surface area contributed by atoms with E-state index in [-0.39, 0.29) is 17.1 Å². The van der Waals surface area contributed by atoms with E-state index in [4.69, 9.17) is 5.11 Å². The summed E-state index contributed by atoms with van der Waals surface area (Å²) >= 11 is 0. The van der Waals surface area contributed by atoms with Crippen LogP contribution < -0.4 is 0 Å². The van der Waals surface area contributed by atoms with Gasteiger partial charge in [0.15, 0.2) is 5.03 Å². The lowest BCUT2D eigenvalue weighted by atomic mass is 10.3. The molecule has 28 heavy (non-hydrogen) atoms. The van der Waals surface area contributed by atoms with Gasteiger partial charge >= 0.3 is 6.09 Å². The third-order valence-electron chi connectivity index (χ3n) is 3.92. The molecule has 0 spiro atoms. The third-order valence-corrected chi connectivity index (χ3v) is 5.65. The highest BCUT2D eigenvalue weighted by atomic mass is 32.2. The van der Waals surface area contributed by atoms with E-state index in [9.17, 15) is 22.0 Å². The topological polar surface area (TPSA) is 92.5 Å². The van der Waals surface area contributed by atoms with Crippen molar-refractivity contribution >= 4 is 15.9 Å². The molecule has 0 saturated carbocycles. The van der Waals surface area contributed by atoms with Crippen molar-refractivity contribution in [2.75, 3.05) is 7.05 Å². The Labute approximate surface area is 159 Å². The first-order valence-corrected chi connectivity index (χ1v) is 9.47. The van der Waals surface area contributed by atoms with E-state index in [1.165, 1.54) is 31.3 Å². The Kier molecular flexibility index (Phi) is 5.14. The van der Waals surface area contributed by atoms with Crippen molar-refractivity contribution in [3.8, 4) is 5.69 Å². The van der Waals surface area contributed by atoms with Crippen LogP contribution in [0.3, 0.4) is 0 Å². The molecule has 3 rings (SSSR count). The Morgan fingerprint density at radius 2 is 1.82 bits per heavy atom. The molecule has 1 N–H and O–H groups in total. The first-order valence-electron chi connectivity index (χ1n) is 7.98. The van der Waals surface area contributed by atoms with Crippen LogP contribution in [-0.2, 0) is 16.4 Å². The van der Waals surface area contributed by atoms with Gasteiger partial charge in [0.2, 0.25) is 9.84 Å². The summed E-state index contributed by atoms with van der Waals surface area (Å²) in [5.74, 6) is -1.66. The quantitative estimate of drug-likeness (QED) is 0.702. The van der Waals surface area contributed by atoms with Crippen molar-refractivity contribution in [2.45, 2.75) is 16.5 Å². The van der Waals surface area contributed by atoms with E-state index >= 15 is 0 Å². The molecule has 2 aromatic carbocycles. The summed E-state index contributed by atoms with van der Waals surface area (Å²) in [6.07, 6.45) is -1.25. The zero-order chi connectivity index (χ0) is 20.5. The van der Waals surface area contributed by atoms with Gasteiger partial charge in [-0.1, -0.05) is 18.2 Å². The highest BCUT2D eigenvalue weighted by Crippen LogP contribution is 2.26. The van der Waals surface area contributed by atoms with Gasteiger partial charge in [0.05, 0.1) is 17.1 Å². The molecule has 0 radical (unpaired) electrons. The first kappa shape index (κ1) is 19.5. The minimum atomic E-state index is -4.14. The summed E-state index contributed by atoms with van der Waals surface area (Å²) in [7, 11) is -2.86. The summed E-state index contributed by atoms with van der Waals surface area (Å²) in [5, 5.41) is 12.6. The number of sulfone groups is 1. The number of nitrogens with zero attached hydrogens (tertiary/aromatic N) is 3. The molecule has 3 aromatic rings. The maximum absolute atomic E-state index is 14.3. The molecule has 0 unspecified atom stereocenters. The number of benzene rings is 2. The van der Waals surface area contributed by atoms with Crippen LogP contribution >= 0.6 is 0 Å². The Hall–Kier alpha value is -3.27. The van der Waals surface area contributed by atoms with Crippen LogP contribution in [0, 0.1) is 11.6 Å². The fourth-order valence-corrected chi connectivity index (χ4v) is 3.95. The molecule has 1 heterocycles. The second-order valence-corrected chi connectivity index (χ2v) is 7.83. The van der Waals surface area contributed by atoms with Crippen molar-refractivity contribution in [3.63, 3.8) is 0 Å². The summed E-state index contributed by atoms with van der Waals surface area (Å²) < 4.78 is 54.8. The summed E-state index contributed by atoms with van der Waals surface area (Å²) in [5.41, 5.74) is -0.346. The van der Waals surface area contributed by atoms with Crippen LogP contribution in [0.25, 0.3) is 5.69 Å². The van der Waals surface area contributed by atoms with Gasteiger partial charge < -0.3 is 10.0 Å². The van der Waals surface area contributed by atoms with E-state index in [0.717, 1.165) is 33.8 Å². The van der Waals surface area contributed by atoms with Gasteiger partial charge in [-0.05, 0) is 24.3 Å². The molecular formula is C18H15F2N3O4S. The molecule has 10 heteroatoms. The van der Waals surface area contributed by atoms with E-state index in [2.05, 4.69) is 5.10 Å². The van der Waals surface area contributed by atoms with Gasteiger partial charge in [-0.2, -0.15) is 5.10 Å². The van der Waals surface area contributed by atoms with Gasteiger partial charge in [0.25, 0.3) is 0 Å². The number of aromatic nitrogens is 2. The zero-order valence-electron chi connectivity index (χ0n) is 14.6. The van der Waals surface area contributed by atoms with Crippen molar-refractivity contribution in [2.24, 2.45) is 0 Å². The second-order valence-electron chi connectivity index (χ2n) is 5.94. The molecule has 1 amide bonds. The van der Waals surface area contributed by atoms with Gasteiger partial charge in [-0.15, -0.1) is 0 Å². The molecule has 0 bridgehead atoms. The lowest BCUT2D eigenvalue weighted by Gasteiger charge is -2.10. The molecule has 7 nitrogen and oxygen atoms in total. The number of halogens is 2. The average molecular weight is 407 g/mol. The van der Waals surface area contributed by atoms with Gasteiger partial charge in [0, 0.05) is 19.2 Å². The number of carbonyl (C=O) groups is 1. The average Bonchev–Trinajstić information content (AvgIpc) is 3.08. The highest BCUT2D eigenvalue weighted by Gasteiger charge is 2.27. The number of carboxylic acid groups (broad SMARTS) is 1. The predicted octanol–water partition coefficient (Wildman–Crippen LogP) is 3.09. The summed E-state index contributed by atoms with van der Waals surface area (Å²) in [6.45, 7) is -0.240. The number of amides is 1. The third kappa shape index (κ3) is 3.72. The monoisotopic (exact) mass is 407 g/mol. The molecule has 0 aliphatic heterocycles. The highest BCUT2D eigenvalue weighted by molar-refractivity contribution is 7.91. The van der Waals surface area contributed by atoms with Gasteiger partial charge in [-0.3, -0.25) is 0 Å². The van der Waals surface area contributed by atoms with E-state index in [1.54, 1.807) is 6.07 Å². The molecule has 1 aromatic heterocycles. The Morgan fingerprint density at radius 1 is 1.14 bits per heavy atom. The minimum Gasteiger partial charge on any atom is -0.465 e. The normalized spacial score (nSPS) is 11.4. The summed E-state index contributed by atoms with van der Waals surface area (Å²) in [6, 6.07) is 11.1. The zero-order valence-corrected chi connectivity index (χ0v) is 15.4. The molecule has 0 atom stereocenters. The maximum atomic E-state index is 14.3. The van der Waals surface area contributed by atoms with Crippen LogP contribution in [0.2, 0.25) is 0 Å². The molecule has 0 aliphatic carbocycles. The molecule has 0 fully saturated rings. The lowest BCUT2D eigenvalue weighted by molar-refractivity contribution is 0.153. The maximum Gasteiger partial charge on any atom is 0.407 e. The fourth-order valence-electron chi connectivity index (χ4n) is 2.53. The minimum absolute atomic E-state index is 0.0584. The number of hydrogen-bond acceptors (Lipinski definition) is 4. The van der Waals surface area contributed by atoms with Crippen LogP contribution in [0.1, 0.15) is 5.69 Å². The van der Waals surface area contributed by atoms with Crippen LogP contribution in [0.15, 0.2) is 64.5 Å². The van der Waals surface area contributed by atoms with Crippen molar-refractivity contribution in [3.05, 3.63) is 71.9 Å². The van der Waals surface area contributed by atoms with Crippen molar-refractivity contribution < 1.29 is 27.1 Å². The Bertz CT molecular complexity index is 1130. The van der Waals surface area contributed by atoms with E-state index < -0.39 is 38.3 Å². The molecule has 0 saturated heterocycles. The SMILES string of the molecule is CN(Cc1cc(S(=O)(=O)c2ccccc2)n(-c2cc(F)ccc2F)n1)C(=O)O.